The zero-order valence-corrected chi connectivity index (χ0v) is 14.3. The average molecular weight is 335 g/mol. The van der Waals surface area contributed by atoms with E-state index in [1.807, 2.05) is 19.1 Å². The molecule has 0 aliphatic heterocycles. The maximum absolute atomic E-state index is 12.4. The Kier molecular flexibility index (Phi) is 5.26. The first kappa shape index (κ1) is 17.3. The second-order valence-corrected chi connectivity index (χ2v) is 7.76. The van der Waals surface area contributed by atoms with Crippen molar-refractivity contribution in [2.45, 2.75) is 37.6 Å². The Bertz CT molecular complexity index is 779. The second-order valence-electron chi connectivity index (χ2n) is 5.74. The quantitative estimate of drug-likeness (QED) is 0.880. The van der Waals surface area contributed by atoms with E-state index >= 15 is 0 Å². The van der Waals surface area contributed by atoms with Crippen LogP contribution in [0.3, 0.4) is 0 Å². The molecule has 124 valence electrons. The minimum atomic E-state index is -3.34. The molecule has 0 aliphatic rings. The van der Waals surface area contributed by atoms with Gasteiger partial charge in [0.1, 0.15) is 5.76 Å². The lowest BCUT2D eigenvalue weighted by atomic mass is 10.1. The van der Waals surface area contributed by atoms with Gasteiger partial charge in [-0.25, -0.2) is 8.42 Å². The molecule has 0 spiro atoms. The number of benzene rings is 1. The number of sulfone groups is 1. The van der Waals surface area contributed by atoms with Crippen molar-refractivity contribution in [2.75, 3.05) is 6.26 Å². The molecular weight excluding hydrogens is 314 g/mol. The van der Waals surface area contributed by atoms with E-state index in [4.69, 9.17) is 4.42 Å². The minimum absolute atomic E-state index is 0.0473. The standard InChI is InChI=1S/C17H21NO4S/c1-12-6-9-15(23(3,20)21)11-16(12)17(19)18-13(2)7-8-14-5-4-10-22-14/h4-6,9-11,13H,7-8H2,1-3H3,(H,18,19)/t13-/m0/s1. The number of amides is 1. The van der Waals surface area contributed by atoms with Gasteiger partial charge in [0, 0.05) is 24.3 Å². The van der Waals surface area contributed by atoms with Crippen LogP contribution in [0.25, 0.3) is 0 Å². The molecule has 23 heavy (non-hydrogen) atoms. The molecule has 0 radical (unpaired) electrons. The number of hydrogen-bond acceptors (Lipinski definition) is 4. The lowest BCUT2D eigenvalue weighted by molar-refractivity contribution is 0.0937. The second kappa shape index (κ2) is 7.00. The van der Waals surface area contributed by atoms with E-state index in [0.29, 0.717) is 5.56 Å². The van der Waals surface area contributed by atoms with Gasteiger partial charge in [-0.15, -0.1) is 0 Å². The van der Waals surface area contributed by atoms with Crippen LogP contribution in [0.5, 0.6) is 0 Å². The maximum Gasteiger partial charge on any atom is 0.251 e. The molecule has 1 amide bonds. The van der Waals surface area contributed by atoms with E-state index in [-0.39, 0.29) is 16.8 Å². The largest absolute Gasteiger partial charge is 0.469 e. The summed E-state index contributed by atoms with van der Waals surface area (Å²) in [6.45, 7) is 3.70. The molecule has 0 unspecified atom stereocenters. The zero-order valence-electron chi connectivity index (χ0n) is 13.5. The van der Waals surface area contributed by atoms with Crippen LogP contribution in [0.2, 0.25) is 0 Å². The van der Waals surface area contributed by atoms with E-state index in [0.717, 1.165) is 30.4 Å². The normalized spacial score (nSPS) is 12.8. The number of carbonyl (C=O) groups is 1. The number of rotatable bonds is 6. The Hall–Kier alpha value is -2.08. The molecule has 0 bridgehead atoms. The summed E-state index contributed by atoms with van der Waals surface area (Å²) < 4.78 is 28.5. The molecular formula is C17H21NO4S. The molecule has 2 rings (SSSR count). The Morgan fingerprint density at radius 2 is 2.04 bits per heavy atom. The van der Waals surface area contributed by atoms with Crippen LogP contribution < -0.4 is 5.32 Å². The van der Waals surface area contributed by atoms with Crippen LogP contribution in [0.4, 0.5) is 0 Å². The molecule has 6 heteroatoms. The first-order valence-electron chi connectivity index (χ1n) is 7.41. The first-order chi connectivity index (χ1) is 10.8. The first-order valence-corrected chi connectivity index (χ1v) is 9.30. The number of nitrogens with one attached hydrogen (secondary N) is 1. The third-order valence-corrected chi connectivity index (χ3v) is 4.77. The summed E-state index contributed by atoms with van der Waals surface area (Å²) in [5.74, 6) is 0.612. The Labute approximate surface area is 136 Å². The summed E-state index contributed by atoms with van der Waals surface area (Å²) >= 11 is 0. The van der Waals surface area contributed by atoms with E-state index < -0.39 is 9.84 Å². The number of hydrogen-bond donors (Lipinski definition) is 1. The SMILES string of the molecule is Cc1ccc(S(C)(=O)=O)cc1C(=O)N[C@@H](C)CCc1ccco1. The highest BCUT2D eigenvalue weighted by molar-refractivity contribution is 7.90. The van der Waals surface area contributed by atoms with Gasteiger partial charge in [0.25, 0.3) is 5.91 Å². The number of carbonyl (C=O) groups excluding carboxylic acids is 1. The van der Waals surface area contributed by atoms with Crippen LogP contribution in [0.15, 0.2) is 45.9 Å². The predicted molar refractivity (Wildman–Crippen MR) is 88.2 cm³/mol. The van der Waals surface area contributed by atoms with Gasteiger partial charge in [-0.05, 0) is 50.1 Å². The van der Waals surface area contributed by atoms with Crippen LogP contribution >= 0.6 is 0 Å². The van der Waals surface area contributed by atoms with Gasteiger partial charge >= 0.3 is 0 Å². The third-order valence-electron chi connectivity index (χ3n) is 3.66. The van der Waals surface area contributed by atoms with Gasteiger partial charge in [0.05, 0.1) is 11.2 Å². The predicted octanol–water partition coefficient (Wildman–Crippen LogP) is 2.74. The topological polar surface area (TPSA) is 76.4 Å². The Morgan fingerprint density at radius 1 is 1.30 bits per heavy atom. The van der Waals surface area contributed by atoms with Crippen molar-refractivity contribution in [3.63, 3.8) is 0 Å². The molecule has 0 aliphatic carbocycles. The highest BCUT2D eigenvalue weighted by Gasteiger charge is 2.16. The Morgan fingerprint density at radius 3 is 2.65 bits per heavy atom. The van der Waals surface area contributed by atoms with Gasteiger partial charge in [0.15, 0.2) is 9.84 Å². The van der Waals surface area contributed by atoms with Crippen molar-refractivity contribution >= 4 is 15.7 Å². The van der Waals surface area contributed by atoms with Crippen molar-refractivity contribution in [1.82, 2.24) is 5.32 Å². The van der Waals surface area contributed by atoms with Crippen LogP contribution in [-0.2, 0) is 16.3 Å². The summed E-state index contributed by atoms with van der Waals surface area (Å²) in [5, 5.41) is 2.90. The summed E-state index contributed by atoms with van der Waals surface area (Å²) in [7, 11) is -3.34. The molecule has 5 nitrogen and oxygen atoms in total. The fourth-order valence-electron chi connectivity index (χ4n) is 2.26. The summed E-state index contributed by atoms with van der Waals surface area (Å²) in [6, 6.07) is 8.28. The molecule has 1 aromatic carbocycles. The molecule has 0 fully saturated rings. The fraction of sp³-hybridized carbons (Fsp3) is 0.353. The maximum atomic E-state index is 12.4. The van der Waals surface area contributed by atoms with Crippen LogP contribution in [-0.4, -0.2) is 26.6 Å². The molecule has 1 aromatic heterocycles. The smallest absolute Gasteiger partial charge is 0.251 e. The average Bonchev–Trinajstić information content (AvgIpc) is 2.97. The zero-order chi connectivity index (χ0) is 17.0. The third kappa shape index (κ3) is 4.69. The van der Waals surface area contributed by atoms with Crippen molar-refractivity contribution in [3.05, 3.63) is 53.5 Å². The van der Waals surface area contributed by atoms with Crippen molar-refractivity contribution in [3.8, 4) is 0 Å². The van der Waals surface area contributed by atoms with Crippen molar-refractivity contribution in [1.29, 1.82) is 0 Å². The van der Waals surface area contributed by atoms with Gasteiger partial charge in [-0.1, -0.05) is 6.07 Å². The van der Waals surface area contributed by atoms with Crippen molar-refractivity contribution < 1.29 is 17.6 Å². The van der Waals surface area contributed by atoms with Gasteiger partial charge in [-0.2, -0.15) is 0 Å². The highest BCUT2D eigenvalue weighted by Crippen LogP contribution is 2.16. The summed E-state index contributed by atoms with van der Waals surface area (Å²) in [6.07, 6.45) is 4.23. The lowest BCUT2D eigenvalue weighted by Gasteiger charge is -2.15. The van der Waals surface area contributed by atoms with E-state index in [1.54, 1.807) is 19.3 Å². The molecule has 0 saturated heterocycles. The molecule has 2 aromatic rings. The highest BCUT2D eigenvalue weighted by atomic mass is 32.2. The molecule has 1 heterocycles. The lowest BCUT2D eigenvalue weighted by Crippen LogP contribution is -2.33. The summed E-state index contributed by atoms with van der Waals surface area (Å²) in [4.78, 5) is 12.5. The van der Waals surface area contributed by atoms with E-state index in [9.17, 15) is 13.2 Å². The Balaban J connectivity index is 2.05. The fourth-order valence-corrected chi connectivity index (χ4v) is 2.91. The van der Waals surface area contributed by atoms with Crippen LogP contribution in [0.1, 0.15) is 35.0 Å². The molecule has 1 N–H and O–H groups in total. The van der Waals surface area contributed by atoms with Gasteiger partial charge < -0.3 is 9.73 Å². The van der Waals surface area contributed by atoms with Crippen molar-refractivity contribution in [2.24, 2.45) is 0 Å². The summed E-state index contributed by atoms with van der Waals surface area (Å²) in [5.41, 5.74) is 1.13. The monoisotopic (exact) mass is 335 g/mol. The molecule has 0 saturated carbocycles. The van der Waals surface area contributed by atoms with E-state index in [1.165, 1.54) is 12.1 Å². The number of furan rings is 1. The number of aryl methyl sites for hydroxylation is 2. The van der Waals surface area contributed by atoms with Crippen LogP contribution in [0, 0.1) is 6.92 Å². The van der Waals surface area contributed by atoms with Gasteiger partial charge in [0.2, 0.25) is 0 Å². The van der Waals surface area contributed by atoms with Gasteiger partial charge in [-0.3, -0.25) is 4.79 Å². The minimum Gasteiger partial charge on any atom is -0.469 e. The van der Waals surface area contributed by atoms with E-state index in [2.05, 4.69) is 5.32 Å². The molecule has 1 atom stereocenters.